The van der Waals surface area contributed by atoms with Crippen LogP contribution in [0, 0.1) is 0 Å². The van der Waals surface area contributed by atoms with Gasteiger partial charge < -0.3 is 15.4 Å². The Labute approximate surface area is 119 Å². The van der Waals surface area contributed by atoms with Gasteiger partial charge in [-0.3, -0.25) is 4.79 Å². The van der Waals surface area contributed by atoms with Crippen molar-refractivity contribution < 1.29 is 14.3 Å². The number of amides is 1. The van der Waals surface area contributed by atoms with Crippen molar-refractivity contribution in [3.8, 4) is 0 Å². The minimum absolute atomic E-state index is 0.133. The summed E-state index contributed by atoms with van der Waals surface area (Å²) in [6, 6.07) is 8.79. The monoisotopic (exact) mass is 276 g/mol. The number of methoxy groups -OCH3 is 1. The van der Waals surface area contributed by atoms with Crippen LogP contribution < -0.4 is 10.6 Å². The quantitative estimate of drug-likeness (QED) is 0.416. The smallest absolute Gasteiger partial charge is 0.328 e. The average Bonchev–Trinajstić information content (AvgIpc) is 2.47. The van der Waals surface area contributed by atoms with Crippen LogP contribution in [-0.2, 0) is 20.7 Å². The minimum Gasteiger partial charge on any atom is -0.467 e. The minimum atomic E-state index is -0.680. The normalized spacial score (nSPS) is 11.4. The van der Waals surface area contributed by atoms with Crippen molar-refractivity contribution in [3.63, 3.8) is 0 Å². The number of hydrogen-bond donors (Lipinski definition) is 2. The second-order valence-electron chi connectivity index (χ2n) is 4.25. The largest absolute Gasteiger partial charge is 0.467 e. The molecule has 5 heteroatoms. The average molecular weight is 276 g/mol. The molecule has 1 amide bonds. The van der Waals surface area contributed by atoms with Gasteiger partial charge in [-0.05, 0) is 5.56 Å². The number of hydrogen-bond acceptors (Lipinski definition) is 4. The summed E-state index contributed by atoms with van der Waals surface area (Å²) < 4.78 is 4.72. The fraction of sp³-hybridized carbons (Fsp3) is 0.333. The van der Waals surface area contributed by atoms with Gasteiger partial charge in [0.2, 0.25) is 5.91 Å². The van der Waals surface area contributed by atoms with Crippen LogP contribution in [0.1, 0.15) is 5.56 Å². The third-order valence-electron chi connectivity index (χ3n) is 2.68. The highest BCUT2D eigenvalue weighted by Crippen LogP contribution is 2.04. The first-order chi connectivity index (χ1) is 9.67. The van der Waals surface area contributed by atoms with Crippen molar-refractivity contribution in [1.29, 1.82) is 0 Å². The SMILES string of the molecule is C=CCNCC(=O)NC(Cc1ccccc1)C(=O)OC. The zero-order chi connectivity index (χ0) is 14.8. The second kappa shape index (κ2) is 8.87. The lowest BCUT2D eigenvalue weighted by Gasteiger charge is -2.16. The molecule has 0 aliphatic rings. The summed E-state index contributed by atoms with van der Waals surface area (Å²) in [5.41, 5.74) is 0.960. The maximum atomic E-state index is 11.7. The Hall–Kier alpha value is -2.14. The van der Waals surface area contributed by atoms with Crippen molar-refractivity contribution in [1.82, 2.24) is 10.6 Å². The molecule has 1 aromatic carbocycles. The van der Waals surface area contributed by atoms with Crippen molar-refractivity contribution in [3.05, 3.63) is 48.6 Å². The van der Waals surface area contributed by atoms with Crippen LogP contribution in [0.4, 0.5) is 0 Å². The Morgan fingerprint density at radius 2 is 2.05 bits per heavy atom. The lowest BCUT2D eigenvalue weighted by molar-refractivity contribution is -0.144. The number of nitrogens with one attached hydrogen (secondary N) is 2. The third-order valence-corrected chi connectivity index (χ3v) is 2.68. The van der Waals surface area contributed by atoms with Gasteiger partial charge in [0.25, 0.3) is 0 Å². The molecule has 0 spiro atoms. The molecule has 20 heavy (non-hydrogen) atoms. The van der Waals surface area contributed by atoms with E-state index in [1.54, 1.807) is 6.08 Å². The molecule has 0 radical (unpaired) electrons. The van der Waals surface area contributed by atoms with E-state index in [1.165, 1.54) is 7.11 Å². The molecule has 0 aliphatic heterocycles. The van der Waals surface area contributed by atoms with Gasteiger partial charge in [-0.15, -0.1) is 6.58 Å². The first-order valence-corrected chi connectivity index (χ1v) is 6.40. The molecule has 108 valence electrons. The summed E-state index contributed by atoms with van der Waals surface area (Å²) in [4.78, 5) is 23.4. The molecule has 1 aromatic rings. The fourth-order valence-electron chi connectivity index (χ4n) is 1.72. The molecule has 1 unspecified atom stereocenters. The predicted octanol–water partition coefficient (Wildman–Crippen LogP) is 0.662. The van der Waals surface area contributed by atoms with Gasteiger partial charge in [-0.1, -0.05) is 36.4 Å². The lowest BCUT2D eigenvalue weighted by Crippen LogP contribution is -2.46. The Bertz CT molecular complexity index is 446. The van der Waals surface area contributed by atoms with Crippen molar-refractivity contribution in [2.45, 2.75) is 12.5 Å². The summed E-state index contributed by atoms with van der Waals surface area (Å²) in [7, 11) is 1.31. The number of rotatable bonds is 8. The Kier molecular flexibility index (Phi) is 7.06. The third kappa shape index (κ3) is 5.67. The van der Waals surface area contributed by atoms with Crippen LogP contribution in [-0.4, -0.2) is 38.1 Å². The fourth-order valence-corrected chi connectivity index (χ4v) is 1.72. The first-order valence-electron chi connectivity index (χ1n) is 6.40. The van der Waals surface area contributed by atoms with E-state index in [0.717, 1.165) is 5.56 Å². The Morgan fingerprint density at radius 1 is 1.35 bits per heavy atom. The molecule has 0 aliphatic carbocycles. The predicted molar refractivity (Wildman–Crippen MR) is 77.2 cm³/mol. The summed E-state index contributed by atoms with van der Waals surface area (Å²) >= 11 is 0. The maximum Gasteiger partial charge on any atom is 0.328 e. The zero-order valence-corrected chi connectivity index (χ0v) is 11.6. The van der Waals surface area contributed by atoms with E-state index >= 15 is 0 Å². The summed E-state index contributed by atoms with van der Waals surface area (Å²) in [5.74, 6) is -0.705. The van der Waals surface area contributed by atoms with E-state index in [4.69, 9.17) is 4.74 Å². The summed E-state index contributed by atoms with van der Waals surface area (Å²) in [5, 5.41) is 5.54. The summed E-state index contributed by atoms with van der Waals surface area (Å²) in [6.07, 6.45) is 2.07. The molecule has 0 saturated heterocycles. The lowest BCUT2D eigenvalue weighted by atomic mass is 10.1. The highest BCUT2D eigenvalue weighted by molar-refractivity contribution is 5.85. The van der Waals surface area contributed by atoms with Crippen molar-refractivity contribution in [2.75, 3.05) is 20.2 Å². The molecule has 1 atom stereocenters. The second-order valence-corrected chi connectivity index (χ2v) is 4.25. The van der Waals surface area contributed by atoms with Crippen molar-refractivity contribution in [2.24, 2.45) is 0 Å². The van der Waals surface area contributed by atoms with E-state index in [1.807, 2.05) is 30.3 Å². The van der Waals surface area contributed by atoms with E-state index in [0.29, 0.717) is 13.0 Å². The maximum absolute atomic E-state index is 11.7. The number of esters is 1. The van der Waals surface area contributed by atoms with Gasteiger partial charge in [0.1, 0.15) is 6.04 Å². The standard InChI is InChI=1S/C15H20N2O3/c1-3-9-16-11-14(18)17-13(15(19)20-2)10-12-7-5-4-6-8-12/h3-8,13,16H,1,9-11H2,2H3,(H,17,18). The van der Waals surface area contributed by atoms with Gasteiger partial charge in [0, 0.05) is 13.0 Å². The molecule has 0 saturated carbocycles. The van der Waals surface area contributed by atoms with Gasteiger partial charge in [-0.25, -0.2) is 4.79 Å². The van der Waals surface area contributed by atoms with Crippen LogP contribution in [0.2, 0.25) is 0 Å². The molecule has 0 aromatic heterocycles. The molecule has 0 fully saturated rings. The van der Waals surface area contributed by atoms with E-state index in [2.05, 4.69) is 17.2 Å². The van der Waals surface area contributed by atoms with Gasteiger partial charge in [-0.2, -0.15) is 0 Å². The van der Waals surface area contributed by atoms with E-state index in [9.17, 15) is 9.59 Å². The number of carbonyl (C=O) groups is 2. The van der Waals surface area contributed by atoms with E-state index in [-0.39, 0.29) is 12.5 Å². The molecular weight excluding hydrogens is 256 g/mol. The number of carbonyl (C=O) groups excluding carboxylic acids is 2. The molecule has 2 N–H and O–H groups in total. The van der Waals surface area contributed by atoms with E-state index < -0.39 is 12.0 Å². The van der Waals surface area contributed by atoms with Crippen LogP contribution in [0.25, 0.3) is 0 Å². The number of ether oxygens (including phenoxy) is 1. The summed E-state index contributed by atoms with van der Waals surface area (Å²) in [6.45, 7) is 4.22. The molecule has 1 rings (SSSR count). The van der Waals surface area contributed by atoms with Gasteiger partial charge in [0.15, 0.2) is 0 Å². The van der Waals surface area contributed by atoms with Crippen LogP contribution >= 0.6 is 0 Å². The Morgan fingerprint density at radius 3 is 2.65 bits per heavy atom. The molecule has 5 nitrogen and oxygen atoms in total. The van der Waals surface area contributed by atoms with Crippen LogP contribution in [0.5, 0.6) is 0 Å². The van der Waals surface area contributed by atoms with Gasteiger partial charge in [0.05, 0.1) is 13.7 Å². The molecule has 0 heterocycles. The topological polar surface area (TPSA) is 67.4 Å². The highest BCUT2D eigenvalue weighted by Gasteiger charge is 2.21. The zero-order valence-electron chi connectivity index (χ0n) is 11.6. The van der Waals surface area contributed by atoms with Crippen molar-refractivity contribution >= 4 is 11.9 Å². The van der Waals surface area contributed by atoms with Gasteiger partial charge >= 0.3 is 5.97 Å². The molecule has 0 bridgehead atoms. The highest BCUT2D eigenvalue weighted by atomic mass is 16.5. The molecular formula is C15H20N2O3. The van der Waals surface area contributed by atoms with Crippen LogP contribution in [0.3, 0.4) is 0 Å². The first kappa shape index (κ1) is 15.9. The number of benzene rings is 1. The Balaban J connectivity index is 2.58. The van der Waals surface area contributed by atoms with Crippen LogP contribution in [0.15, 0.2) is 43.0 Å².